The molecule has 0 rings (SSSR count). The number of rotatable bonds is 12. The molecule has 0 fully saturated rings. The average Bonchev–Trinajstić information content (AvgIpc) is 2.44. The standard InChI is InChI=1S/C17H37N3O2.HI/c1-6-9-17(21,10-7-2)14-20-16(18-8-3)19-11-12-22-13-15(4)5;/h15,21H,6-14H2,1-5H3,(H2,18,19,20);1H. The Kier molecular flexibility index (Phi) is 16.9. The summed E-state index contributed by atoms with van der Waals surface area (Å²) in [5, 5.41) is 17.1. The lowest BCUT2D eigenvalue weighted by atomic mass is 9.93. The maximum absolute atomic E-state index is 10.6. The van der Waals surface area contributed by atoms with Crippen LogP contribution < -0.4 is 10.6 Å². The van der Waals surface area contributed by atoms with E-state index in [2.05, 4.69) is 43.3 Å². The lowest BCUT2D eigenvalue weighted by Crippen LogP contribution is -2.41. The Bertz CT molecular complexity index is 294. The number of aliphatic hydroxyl groups is 1. The molecule has 0 saturated carbocycles. The first-order valence-corrected chi connectivity index (χ1v) is 8.79. The van der Waals surface area contributed by atoms with E-state index in [9.17, 15) is 5.11 Å². The molecule has 5 nitrogen and oxygen atoms in total. The van der Waals surface area contributed by atoms with Gasteiger partial charge in [-0.3, -0.25) is 4.99 Å². The maximum atomic E-state index is 10.6. The summed E-state index contributed by atoms with van der Waals surface area (Å²) in [6.07, 6.45) is 3.53. The zero-order chi connectivity index (χ0) is 16.8. The van der Waals surface area contributed by atoms with Crippen molar-refractivity contribution in [1.29, 1.82) is 0 Å². The number of hydrogen-bond acceptors (Lipinski definition) is 3. The quantitative estimate of drug-likeness (QED) is 0.188. The molecular formula is C17H38IN3O2. The minimum atomic E-state index is -0.681. The molecule has 0 heterocycles. The third-order valence-corrected chi connectivity index (χ3v) is 3.30. The van der Waals surface area contributed by atoms with Gasteiger partial charge in [-0.25, -0.2) is 0 Å². The summed E-state index contributed by atoms with van der Waals surface area (Å²) in [7, 11) is 0. The Hall–Kier alpha value is -0.0800. The fraction of sp³-hybridized carbons (Fsp3) is 0.941. The predicted octanol–water partition coefficient (Wildman–Crippen LogP) is 3.16. The first-order chi connectivity index (χ1) is 10.5. The Labute approximate surface area is 160 Å². The Morgan fingerprint density at radius 3 is 2.22 bits per heavy atom. The topological polar surface area (TPSA) is 65.9 Å². The summed E-state index contributed by atoms with van der Waals surface area (Å²) in [6, 6.07) is 0. The van der Waals surface area contributed by atoms with Crippen LogP contribution in [0.2, 0.25) is 0 Å². The van der Waals surface area contributed by atoms with Gasteiger partial charge in [-0.15, -0.1) is 24.0 Å². The van der Waals surface area contributed by atoms with E-state index in [1.807, 2.05) is 6.92 Å². The summed E-state index contributed by atoms with van der Waals surface area (Å²) in [5.41, 5.74) is -0.681. The van der Waals surface area contributed by atoms with Crippen LogP contribution in [0.1, 0.15) is 60.3 Å². The van der Waals surface area contributed by atoms with Gasteiger partial charge in [0.25, 0.3) is 0 Å². The van der Waals surface area contributed by atoms with Crippen molar-refractivity contribution in [2.45, 2.75) is 65.9 Å². The summed E-state index contributed by atoms with van der Waals surface area (Å²) >= 11 is 0. The van der Waals surface area contributed by atoms with Gasteiger partial charge in [0.2, 0.25) is 0 Å². The van der Waals surface area contributed by atoms with Crippen LogP contribution in [0.4, 0.5) is 0 Å². The molecule has 0 saturated heterocycles. The highest BCUT2D eigenvalue weighted by atomic mass is 127. The number of hydrogen-bond donors (Lipinski definition) is 3. The van der Waals surface area contributed by atoms with Crippen LogP contribution in [0.25, 0.3) is 0 Å². The fourth-order valence-electron chi connectivity index (χ4n) is 2.34. The van der Waals surface area contributed by atoms with E-state index in [1.165, 1.54) is 0 Å². The minimum Gasteiger partial charge on any atom is -0.388 e. The van der Waals surface area contributed by atoms with Gasteiger partial charge in [-0.05, 0) is 25.7 Å². The van der Waals surface area contributed by atoms with Crippen LogP contribution in [0.3, 0.4) is 0 Å². The zero-order valence-electron chi connectivity index (χ0n) is 15.7. The molecule has 0 aliphatic carbocycles. The second-order valence-electron chi connectivity index (χ2n) is 6.32. The molecule has 0 atom stereocenters. The van der Waals surface area contributed by atoms with Gasteiger partial charge in [0.05, 0.1) is 18.8 Å². The number of nitrogens with zero attached hydrogens (tertiary/aromatic N) is 1. The molecule has 23 heavy (non-hydrogen) atoms. The van der Waals surface area contributed by atoms with E-state index in [0.29, 0.717) is 19.1 Å². The highest BCUT2D eigenvalue weighted by molar-refractivity contribution is 14.0. The van der Waals surface area contributed by atoms with Crippen molar-refractivity contribution in [3.63, 3.8) is 0 Å². The first-order valence-electron chi connectivity index (χ1n) is 8.79. The highest BCUT2D eigenvalue weighted by Gasteiger charge is 2.24. The molecular weight excluding hydrogens is 405 g/mol. The molecule has 0 unspecified atom stereocenters. The molecule has 0 amide bonds. The molecule has 0 spiro atoms. The smallest absolute Gasteiger partial charge is 0.191 e. The van der Waals surface area contributed by atoms with Crippen LogP contribution >= 0.6 is 24.0 Å². The molecule has 0 aromatic heterocycles. The number of nitrogens with one attached hydrogen (secondary N) is 2. The fourth-order valence-corrected chi connectivity index (χ4v) is 2.34. The van der Waals surface area contributed by atoms with E-state index < -0.39 is 5.60 Å². The minimum absolute atomic E-state index is 0. The number of ether oxygens (including phenoxy) is 1. The van der Waals surface area contributed by atoms with Crippen LogP contribution in [0.5, 0.6) is 0 Å². The zero-order valence-corrected chi connectivity index (χ0v) is 18.0. The Morgan fingerprint density at radius 1 is 1.13 bits per heavy atom. The van der Waals surface area contributed by atoms with Crippen molar-refractivity contribution in [3.05, 3.63) is 0 Å². The normalized spacial score (nSPS) is 12.2. The number of halogens is 1. The molecule has 140 valence electrons. The van der Waals surface area contributed by atoms with Crippen LogP contribution in [-0.2, 0) is 4.74 Å². The van der Waals surface area contributed by atoms with Gasteiger partial charge in [0.1, 0.15) is 0 Å². The van der Waals surface area contributed by atoms with Crippen LogP contribution in [0.15, 0.2) is 4.99 Å². The summed E-state index contributed by atoms with van der Waals surface area (Å²) < 4.78 is 5.55. The van der Waals surface area contributed by atoms with Crippen molar-refractivity contribution in [2.75, 3.05) is 32.8 Å². The van der Waals surface area contributed by atoms with Crippen molar-refractivity contribution in [2.24, 2.45) is 10.9 Å². The van der Waals surface area contributed by atoms with Gasteiger partial charge in [0.15, 0.2) is 5.96 Å². The maximum Gasteiger partial charge on any atom is 0.191 e. The lowest BCUT2D eigenvalue weighted by molar-refractivity contribution is 0.0306. The molecule has 6 heteroatoms. The molecule has 3 N–H and O–H groups in total. The van der Waals surface area contributed by atoms with Crippen molar-refractivity contribution in [1.82, 2.24) is 10.6 Å². The third-order valence-electron chi connectivity index (χ3n) is 3.30. The molecule has 0 aliphatic heterocycles. The molecule has 0 bridgehead atoms. The summed E-state index contributed by atoms with van der Waals surface area (Å²) in [4.78, 5) is 4.54. The lowest BCUT2D eigenvalue weighted by Gasteiger charge is -2.26. The van der Waals surface area contributed by atoms with Crippen molar-refractivity contribution < 1.29 is 9.84 Å². The van der Waals surface area contributed by atoms with E-state index >= 15 is 0 Å². The second-order valence-corrected chi connectivity index (χ2v) is 6.32. The molecule has 0 aromatic carbocycles. The average molecular weight is 443 g/mol. The Morgan fingerprint density at radius 2 is 1.74 bits per heavy atom. The molecule has 0 aliphatic rings. The summed E-state index contributed by atoms with van der Waals surface area (Å²) in [6.45, 7) is 13.9. The SMILES string of the molecule is CCCC(O)(CCC)CN=C(NCC)NCCOCC(C)C.I. The van der Waals surface area contributed by atoms with E-state index in [1.54, 1.807) is 0 Å². The van der Waals surface area contributed by atoms with E-state index in [-0.39, 0.29) is 24.0 Å². The van der Waals surface area contributed by atoms with Gasteiger partial charge in [-0.2, -0.15) is 0 Å². The van der Waals surface area contributed by atoms with Crippen LogP contribution in [0, 0.1) is 5.92 Å². The van der Waals surface area contributed by atoms with Gasteiger partial charge in [-0.1, -0.05) is 40.5 Å². The monoisotopic (exact) mass is 443 g/mol. The molecule has 0 radical (unpaired) electrons. The van der Waals surface area contributed by atoms with Gasteiger partial charge >= 0.3 is 0 Å². The van der Waals surface area contributed by atoms with E-state index in [4.69, 9.17) is 4.74 Å². The third kappa shape index (κ3) is 14.0. The van der Waals surface area contributed by atoms with Crippen LogP contribution in [-0.4, -0.2) is 49.5 Å². The largest absolute Gasteiger partial charge is 0.388 e. The number of guanidine groups is 1. The second kappa shape index (κ2) is 15.4. The molecule has 0 aromatic rings. The van der Waals surface area contributed by atoms with Crippen molar-refractivity contribution in [3.8, 4) is 0 Å². The first kappa shape index (κ1) is 25.2. The van der Waals surface area contributed by atoms with Gasteiger partial charge in [0, 0.05) is 19.7 Å². The Balaban J connectivity index is 0. The summed E-state index contributed by atoms with van der Waals surface area (Å²) in [5.74, 6) is 1.31. The predicted molar refractivity (Wildman–Crippen MR) is 110 cm³/mol. The van der Waals surface area contributed by atoms with E-state index in [0.717, 1.165) is 51.3 Å². The van der Waals surface area contributed by atoms with Gasteiger partial charge < -0.3 is 20.5 Å². The number of aliphatic imine (C=N–C) groups is 1. The van der Waals surface area contributed by atoms with Crippen molar-refractivity contribution >= 4 is 29.9 Å². The highest BCUT2D eigenvalue weighted by Crippen LogP contribution is 2.19.